The van der Waals surface area contributed by atoms with Gasteiger partial charge in [0.05, 0.1) is 0 Å². The van der Waals surface area contributed by atoms with Gasteiger partial charge in [0.2, 0.25) is 5.82 Å². The minimum Gasteiger partial charge on any atom is -0.324 e. The van der Waals surface area contributed by atoms with Crippen molar-refractivity contribution in [3.63, 3.8) is 0 Å². The Kier molecular flexibility index (Phi) is 4.57. The number of benzene rings is 2. The Bertz CT molecular complexity index is 862. The van der Waals surface area contributed by atoms with Crippen molar-refractivity contribution in [2.24, 2.45) is 0 Å². The summed E-state index contributed by atoms with van der Waals surface area (Å²) in [5, 5.41) is 15.8. The zero-order valence-corrected chi connectivity index (χ0v) is 14.0. The first-order valence-electron chi connectivity index (χ1n) is 7.46. The number of carbonyl (C=O) groups is 1. The molecule has 1 unspecified atom stereocenters. The predicted molar refractivity (Wildman–Crippen MR) is 92.8 cm³/mol. The van der Waals surface area contributed by atoms with Crippen LogP contribution in [0, 0.1) is 6.92 Å². The second-order valence-electron chi connectivity index (χ2n) is 5.42. The Morgan fingerprint density at radius 1 is 1.21 bits per heavy atom. The van der Waals surface area contributed by atoms with Crippen LogP contribution in [-0.2, 0) is 4.79 Å². The number of nitrogens with one attached hydrogen (secondary N) is 1. The van der Waals surface area contributed by atoms with Gasteiger partial charge in [0.25, 0.3) is 5.91 Å². The van der Waals surface area contributed by atoms with Gasteiger partial charge in [-0.25, -0.2) is 0 Å². The molecule has 1 atom stereocenters. The average Bonchev–Trinajstić information content (AvgIpc) is 3.07. The van der Waals surface area contributed by atoms with Gasteiger partial charge >= 0.3 is 0 Å². The van der Waals surface area contributed by atoms with Gasteiger partial charge in [0.1, 0.15) is 6.04 Å². The third kappa shape index (κ3) is 3.44. The van der Waals surface area contributed by atoms with E-state index in [1.54, 1.807) is 25.1 Å². The molecule has 6 nitrogen and oxygen atoms in total. The highest BCUT2D eigenvalue weighted by atomic mass is 35.5. The Morgan fingerprint density at radius 2 is 1.96 bits per heavy atom. The molecule has 0 aliphatic carbocycles. The van der Waals surface area contributed by atoms with Crippen LogP contribution in [0.1, 0.15) is 18.5 Å². The molecule has 0 bridgehead atoms. The highest BCUT2D eigenvalue weighted by molar-refractivity contribution is 6.30. The van der Waals surface area contributed by atoms with E-state index in [4.69, 9.17) is 11.6 Å². The second-order valence-corrected chi connectivity index (χ2v) is 5.86. The van der Waals surface area contributed by atoms with Crippen LogP contribution in [0.15, 0.2) is 48.5 Å². The minimum atomic E-state index is -0.593. The molecule has 3 rings (SSSR count). The van der Waals surface area contributed by atoms with Crippen molar-refractivity contribution in [3.05, 3.63) is 59.1 Å². The maximum absolute atomic E-state index is 12.4. The Balaban J connectivity index is 1.75. The molecule has 1 aromatic heterocycles. The van der Waals surface area contributed by atoms with Crippen LogP contribution in [0.25, 0.3) is 11.4 Å². The van der Waals surface area contributed by atoms with Crippen LogP contribution in [0.4, 0.5) is 5.69 Å². The summed E-state index contributed by atoms with van der Waals surface area (Å²) in [6, 6.07) is 14.2. The van der Waals surface area contributed by atoms with E-state index in [0.717, 1.165) is 11.1 Å². The first-order valence-corrected chi connectivity index (χ1v) is 7.84. The third-order valence-electron chi connectivity index (χ3n) is 3.63. The molecule has 0 saturated heterocycles. The van der Waals surface area contributed by atoms with Gasteiger partial charge in [0, 0.05) is 16.3 Å². The van der Waals surface area contributed by atoms with Gasteiger partial charge in [-0.05, 0) is 42.8 Å². The van der Waals surface area contributed by atoms with E-state index in [9.17, 15) is 4.79 Å². The van der Waals surface area contributed by atoms with E-state index in [1.807, 2.05) is 37.3 Å². The summed E-state index contributed by atoms with van der Waals surface area (Å²) in [5.41, 5.74) is 2.45. The summed E-state index contributed by atoms with van der Waals surface area (Å²) in [7, 11) is 0. The van der Waals surface area contributed by atoms with E-state index in [2.05, 4.69) is 20.7 Å². The van der Waals surface area contributed by atoms with Crippen molar-refractivity contribution < 1.29 is 4.79 Å². The SMILES string of the molecule is Cc1cc(Cl)ccc1NC(=O)C(C)n1nnc(-c2ccccc2)n1. The number of hydrogen-bond donors (Lipinski definition) is 1. The van der Waals surface area contributed by atoms with Crippen LogP contribution in [0.3, 0.4) is 0 Å². The molecule has 1 amide bonds. The number of anilines is 1. The van der Waals surface area contributed by atoms with Gasteiger partial charge in [-0.15, -0.1) is 10.2 Å². The van der Waals surface area contributed by atoms with Crippen molar-refractivity contribution in [2.75, 3.05) is 5.32 Å². The number of aromatic nitrogens is 4. The van der Waals surface area contributed by atoms with E-state index in [1.165, 1.54) is 4.80 Å². The smallest absolute Gasteiger partial charge is 0.250 e. The van der Waals surface area contributed by atoms with Crippen LogP contribution in [-0.4, -0.2) is 26.1 Å². The van der Waals surface area contributed by atoms with E-state index in [0.29, 0.717) is 16.5 Å². The first-order chi connectivity index (χ1) is 11.5. The lowest BCUT2D eigenvalue weighted by atomic mass is 10.2. The fourth-order valence-corrected chi connectivity index (χ4v) is 2.43. The fourth-order valence-electron chi connectivity index (χ4n) is 2.20. The van der Waals surface area contributed by atoms with Gasteiger partial charge < -0.3 is 5.32 Å². The first kappa shape index (κ1) is 16.1. The number of rotatable bonds is 4. The van der Waals surface area contributed by atoms with Crippen molar-refractivity contribution >= 4 is 23.2 Å². The maximum Gasteiger partial charge on any atom is 0.250 e. The molecule has 1 N–H and O–H groups in total. The van der Waals surface area contributed by atoms with E-state index >= 15 is 0 Å². The van der Waals surface area contributed by atoms with Crippen LogP contribution in [0.2, 0.25) is 5.02 Å². The maximum atomic E-state index is 12.4. The molecule has 7 heteroatoms. The normalized spacial score (nSPS) is 12.0. The lowest BCUT2D eigenvalue weighted by Crippen LogP contribution is -2.25. The van der Waals surface area contributed by atoms with Crippen molar-refractivity contribution in [1.29, 1.82) is 0 Å². The number of tetrazole rings is 1. The van der Waals surface area contributed by atoms with Crippen LogP contribution >= 0.6 is 11.6 Å². The second kappa shape index (κ2) is 6.80. The van der Waals surface area contributed by atoms with Crippen molar-refractivity contribution in [1.82, 2.24) is 20.2 Å². The Labute approximate surface area is 144 Å². The van der Waals surface area contributed by atoms with Crippen LogP contribution in [0.5, 0.6) is 0 Å². The fraction of sp³-hybridized carbons (Fsp3) is 0.176. The highest BCUT2D eigenvalue weighted by Crippen LogP contribution is 2.21. The van der Waals surface area contributed by atoms with E-state index < -0.39 is 6.04 Å². The molecule has 0 aliphatic heterocycles. The van der Waals surface area contributed by atoms with Gasteiger partial charge in [0.15, 0.2) is 0 Å². The molecule has 24 heavy (non-hydrogen) atoms. The van der Waals surface area contributed by atoms with Crippen molar-refractivity contribution in [3.8, 4) is 11.4 Å². The molecule has 0 radical (unpaired) electrons. The molecule has 0 spiro atoms. The topological polar surface area (TPSA) is 72.7 Å². The molecule has 2 aromatic carbocycles. The number of aryl methyl sites for hydroxylation is 1. The Hall–Kier alpha value is -2.73. The summed E-state index contributed by atoms with van der Waals surface area (Å²) in [4.78, 5) is 13.7. The lowest BCUT2D eigenvalue weighted by molar-refractivity contribution is -0.119. The predicted octanol–water partition coefficient (Wildman–Crippen LogP) is 3.50. The van der Waals surface area contributed by atoms with Gasteiger partial charge in [-0.1, -0.05) is 41.9 Å². The molecule has 1 heterocycles. The monoisotopic (exact) mass is 341 g/mol. The van der Waals surface area contributed by atoms with Gasteiger partial charge in [-0.3, -0.25) is 4.79 Å². The summed E-state index contributed by atoms with van der Waals surface area (Å²) >= 11 is 5.93. The largest absolute Gasteiger partial charge is 0.324 e. The van der Waals surface area contributed by atoms with E-state index in [-0.39, 0.29) is 5.91 Å². The number of hydrogen-bond acceptors (Lipinski definition) is 4. The summed E-state index contributed by atoms with van der Waals surface area (Å²) in [6.45, 7) is 3.60. The molecule has 0 fully saturated rings. The zero-order chi connectivity index (χ0) is 17.1. The molecular weight excluding hydrogens is 326 g/mol. The number of amides is 1. The molecule has 0 aliphatic rings. The summed E-state index contributed by atoms with van der Waals surface area (Å²) in [6.07, 6.45) is 0. The summed E-state index contributed by atoms with van der Waals surface area (Å²) in [5.74, 6) is 0.260. The summed E-state index contributed by atoms with van der Waals surface area (Å²) < 4.78 is 0. The molecule has 122 valence electrons. The van der Waals surface area contributed by atoms with Crippen molar-refractivity contribution in [2.45, 2.75) is 19.9 Å². The number of halogens is 1. The van der Waals surface area contributed by atoms with Gasteiger partial charge in [-0.2, -0.15) is 4.80 Å². The quantitative estimate of drug-likeness (QED) is 0.788. The number of carbonyl (C=O) groups excluding carboxylic acids is 1. The third-order valence-corrected chi connectivity index (χ3v) is 3.87. The minimum absolute atomic E-state index is 0.225. The molecular formula is C17H16ClN5O. The average molecular weight is 342 g/mol. The van der Waals surface area contributed by atoms with Crippen LogP contribution < -0.4 is 5.32 Å². The Morgan fingerprint density at radius 3 is 2.67 bits per heavy atom. The molecule has 3 aromatic rings. The zero-order valence-electron chi connectivity index (χ0n) is 13.3. The standard InChI is InChI=1S/C17H16ClN5O/c1-11-10-14(18)8-9-15(11)19-17(24)12(2)23-21-16(20-22-23)13-6-4-3-5-7-13/h3-10,12H,1-2H3,(H,19,24). The number of nitrogens with zero attached hydrogens (tertiary/aromatic N) is 4. The lowest BCUT2D eigenvalue weighted by Gasteiger charge is -2.12. The highest BCUT2D eigenvalue weighted by Gasteiger charge is 2.19. The molecule has 0 saturated carbocycles.